The van der Waals surface area contributed by atoms with Gasteiger partial charge in [0.1, 0.15) is 0 Å². The second kappa shape index (κ2) is 6.66. The Balaban J connectivity index is 2.45. The zero-order valence-electron chi connectivity index (χ0n) is 9.73. The summed E-state index contributed by atoms with van der Waals surface area (Å²) in [5, 5.41) is 22.2. The van der Waals surface area contributed by atoms with E-state index in [2.05, 4.69) is 18.5 Å². The van der Waals surface area contributed by atoms with E-state index in [0.29, 0.717) is 12.6 Å². The molecule has 16 heavy (non-hydrogen) atoms. The first-order chi connectivity index (χ1) is 7.65. The molecule has 0 aliphatic heterocycles. The van der Waals surface area contributed by atoms with Crippen molar-refractivity contribution in [3.05, 3.63) is 23.8 Å². The van der Waals surface area contributed by atoms with E-state index in [1.165, 1.54) is 6.07 Å². The second-order valence-electron chi connectivity index (χ2n) is 3.85. The molecule has 0 saturated carbocycles. The summed E-state index contributed by atoms with van der Waals surface area (Å²) in [6.07, 6.45) is 3.19. The Morgan fingerprint density at radius 3 is 2.81 bits per heavy atom. The number of para-hydroxylation sites is 1. The van der Waals surface area contributed by atoms with Gasteiger partial charge in [0.15, 0.2) is 11.5 Å². The summed E-state index contributed by atoms with van der Waals surface area (Å²) in [6, 6.07) is 5.44. The van der Waals surface area contributed by atoms with Crippen molar-refractivity contribution in [3.8, 4) is 11.5 Å². The van der Waals surface area contributed by atoms with Crippen LogP contribution in [-0.2, 0) is 6.54 Å². The van der Waals surface area contributed by atoms with Gasteiger partial charge >= 0.3 is 0 Å². The van der Waals surface area contributed by atoms with Crippen molar-refractivity contribution in [1.82, 2.24) is 5.32 Å². The Kier molecular flexibility index (Phi) is 5.49. The van der Waals surface area contributed by atoms with Crippen molar-refractivity contribution in [3.63, 3.8) is 0 Å². The van der Waals surface area contributed by atoms with Gasteiger partial charge in [-0.25, -0.2) is 0 Å². The molecule has 0 amide bonds. The SMILES string of the molecule is CSCCC(C)NCc1cccc(O)c1O. The van der Waals surface area contributed by atoms with Gasteiger partial charge in [-0.3, -0.25) is 0 Å². The van der Waals surface area contributed by atoms with Gasteiger partial charge in [-0.1, -0.05) is 12.1 Å². The summed E-state index contributed by atoms with van der Waals surface area (Å²) in [7, 11) is 0. The molecule has 90 valence electrons. The Morgan fingerprint density at radius 2 is 2.12 bits per heavy atom. The number of phenolic OH excluding ortho intramolecular Hbond substituents is 2. The maximum absolute atomic E-state index is 9.59. The fourth-order valence-electron chi connectivity index (χ4n) is 1.40. The molecule has 0 saturated heterocycles. The highest BCUT2D eigenvalue weighted by molar-refractivity contribution is 7.98. The maximum atomic E-state index is 9.59. The quantitative estimate of drug-likeness (QED) is 0.669. The fraction of sp³-hybridized carbons (Fsp3) is 0.500. The van der Waals surface area contributed by atoms with E-state index in [4.69, 9.17) is 0 Å². The summed E-state index contributed by atoms with van der Waals surface area (Å²) in [5.41, 5.74) is 0.732. The molecule has 4 heteroatoms. The molecule has 0 aliphatic rings. The van der Waals surface area contributed by atoms with Crippen LogP contribution in [0.5, 0.6) is 11.5 Å². The summed E-state index contributed by atoms with van der Waals surface area (Å²) in [5.74, 6) is 1.04. The van der Waals surface area contributed by atoms with Gasteiger partial charge in [0, 0.05) is 18.2 Å². The number of hydrogen-bond donors (Lipinski definition) is 3. The van der Waals surface area contributed by atoms with E-state index in [0.717, 1.165) is 17.7 Å². The summed E-state index contributed by atoms with van der Waals surface area (Å²) in [4.78, 5) is 0. The lowest BCUT2D eigenvalue weighted by molar-refractivity contribution is 0.396. The van der Waals surface area contributed by atoms with Crippen LogP contribution in [0.1, 0.15) is 18.9 Å². The first-order valence-electron chi connectivity index (χ1n) is 5.37. The van der Waals surface area contributed by atoms with Crippen molar-refractivity contribution >= 4 is 11.8 Å². The van der Waals surface area contributed by atoms with Crippen molar-refractivity contribution < 1.29 is 10.2 Å². The molecule has 0 aliphatic carbocycles. The molecule has 0 aromatic heterocycles. The molecule has 3 N–H and O–H groups in total. The Bertz CT molecular complexity index is 331. The van der Waals surface area contributed by atoms with E-state index < -0.39 is 0 Å². The maximum Gasteiger partial charge on any atom is 0.161 e. The number of benzene rings is 1. The van der Waals surface area contributed by atoms with Gasteiger partial charge in [-0.15, -0.1) is 0 Å². The van der Waals surface area contributed by atoms with Crippen LogP contribution >= 0.6 is 11.8 Å². The molecule has 0 heterocycles. The van der Waals surface area contributed by atoms with Crippen molar-refractivity contribution in [2.75, 3.05) is 12.0 Å². The van der Waals surface area contributed by atoms with Crippen LogP contribution in [-0.4, -0.2) is 28.3 Å². The smallest absolute Gasteiger partial charge is 0.161 e. The molecule has 3 nitrogen and oxygen atoms in total. The number of nitrogens with one attached hydrogen (secondary N) is 1. The minimum Gasteiger partial charge on any atom is -0.504 e. The number of aromatic hydroxyl groups is 2. The number of rotatable bonds is 6. The fourth-order valence-corrected chi connectivity index (χ4v) is 1.99. The van der Waals surface area contributed by atoms with Crippen LogP contribution in [0, 0.1) is 0 Å². The van der Waals surface area contributed by atoms with E-state index in [-0.39, 0.29) is 11.5 Å². The standard InChI is InChI=1S/C12H19NO2S/c1-9(6-7-16-2)13-8-10-4-3-5-11(14)12(10)15/h3-5,9,13-15H,6-8H2,1-2H3. The van der Waals surface area contributed by atoms with Crippen LogP contribution in [0.25, 0.3) is 0 Å². The molecule has 0 bridgehead atoms. The van der Waals surface area contributed by atoms with Crippen molar-refractivity contribution in [2.24, 2.45) is 0 Å². The minimum atomic E-state index is -0.0592. The van der Waals surface area contributed by atoms with Crippen LogP contribution in [0.15, 0.2) is 18.2 Å². The Hall–Kier alpha value is -0.870. The number of phenols is 2. The molecule has 0 fully saturated rings. The number of hydrogen-bond acceptors (Lipinski definition) is 4. The zero-order valence-corrected chi connectivity index (χ0v) is 10.5. The molecule has 1 rings (SSSR count). The predicted octanol–water partition coefficient (Wildman–Crippen LogP) is 2.33. The van der Waals surface area contributed by atoms with Crippen LogP contribution in [0.2, 0.25) is 0 Å². The van der Waals surface area contributed by atoms with Gasteiger partial charge in [-0.2, -0.15) is 11.8 Å². The molecule has 1 aromatic rings. The van der Waals surface area contributed by atoms with Crippen molar-refractivity contribution in [2.45, 2.75) is 25.9 Å². The first-order valence-corrected chi connectivity index (χ1v) is 6.76. The molecule has 0 radical (unpaired) electrons. The largest absolute Gasteiger partial charge is 0.504 e. The van der Waals surface area contributed by atoms with E-state index in [1.54, 1.807) is 6.07 Å². The highest BCUT2D eigenvalue weighted by Crippen LogP contribution is 2.27. The third-order valence-corrected chi connectivity index (χ3v) is 3.14. The lowest BCUT2D eigenvalue weighted by Crippen LogP contribution is -2.25. The topological polar surface area (TPSA) is 52.5 Å². The summed E-state index contributed by atoms with van der Waals surface area (Å²) in [6.45, 7) is 2.70. The number of thioether (sulfide) groups is 1. The third kappa shape index (κ3) is 3.94. The Labute approximate surface area is 101 Å². The average molecular weight is 241 g/mol. The predicted molar refractivity (Wildman–Crippen MR) is 69.1 cm³/mol. The molecule has 1 aromatic carbocycles. The lowest BCUT2D eigenvalue weighted by atomic mass is 10.1. The molecule has 1 unspecified atom stereocenters. The molecule has 1 atom stereocenters. The van der Waals surface area contributed by atoms with E-state index in [9.17, 15) is 10.2 Å². The highest BCUT2D eigenvalue weighted by Gasteiger charge is 2.07. The summed E-state index contributed by atoms with van der Waals surface area (Å²) < 4.78 is 0. The van der Waals surface area contributed by atoms with Crippen LogP contribution < -0.4 is 5.32 Å². The monoisotopic (exact) mass is 241 g/mol. The normalized spacial score (nSPS) is 12.6. The Morgan fingerprint density at radius 1 is 1.38 bits per heavy atom. The van der Waals surface area contributed by atoms with Gasteiger partial charge in [0.05, 0.1) is 0 Å². The van der Waals surface area contributed by atoms with Crippen molar-refractivity contribution in [1.29, 1.82) is 0 Å². The van der Waals surface area contributed by atoms with Gasteiger partial charge in [-0.05, 0) is 31.4 Å². The molecule has 0 spiro atoms. The van der Waals surface area contributed by atoms with Gasteiger partial charge in [0.2, 0.25) is 0 Å². The van der Waals surface area contributed by atoms with E-state index in [1.807, 2.05) is 17.8 Å². The lowest BCUT2D eigenvalue weighted by Gasteiger charge is -2.14. The third-order valence-electron chi connectivity index (χ3n) is 2.49. The van der Waals surface area contributed by atoms with Gasteiger partial charge in [0.25, 0.3) is 0 Å². The summed E-state index contributed by atoms with van der Waals surface area (Å²) >= 11 is 1.83. The van der Waals surface area contributed by atoms with Crippen LogP contribution in [0.4, 0.5) is 0 Å². The van der Waals surface area contributed by atoms with Gasteiger partial charge < -0.3 is 15.5 Å². The second-order valence-corrected chi connectivity index (χ2v) is 4.83. The zero-order chi connectivity index (χ0) is 12.0. The molecular weight excluding hydrogens is 222 g/mol. The van der Waals surface area contributed by atoms with E-state index >= 15 is 0 Å². The van der Waals surface area contributed by atoms with Crippen LogP contribution in [0.3, 0.4) is 0 Å². The molecular formula is C12H19NO2S. The highest BCUT2D eigenvalue weighted by atomic mass is 32.2. The average Bonchev–Trinajstić information content (AvgIpc) is 2.28. The minimum absolute atomic E-state index is 0.0212. The first kappa shape index (κ1) is 13.2.